The second-order valence-corrected chi connectivity index (χ2v) is 8.67. The Bertz CT molecular complexity index is 1030. The van der Waals surface area contributed by atoms with Crippen LogP contribution in [0.1, 0.15) is 67.4 Å². The van der Waals surface area contributed by atoms with Gasteiger partial charge in [-0.25, -0.2) is 0 Å². The molecule has 2 amide bonds. The van der Waals surface area contributed by atoms with E-state index in [1.807, 2.05) is 32.0 Å². The van der Waals surface area contributed by atoms with Crippen LogP contribution in [-0.4, -0.2) is 42.8 Å². The highest BCUT2D eigenvalue weighted by molar-refractivity contribution is 5.98. The van der Waals surface area contributed by atoms with Crippen molar-refractivity contribution in [3.05, 3.63) is 59.2 Å². The molecule has 0 aliphatic rings. The Hall–Kier alpha value is -3.68. The molecule has 0 saturated heterocycles. The molecule has 0 fully saturated rings. The van der Waals surface area contributed by atoms with Crippen LogP contribution in [0.3, 0.4) is 0 Å². The lowest BCUT2D eigenvalue weighted by Gasteiger charge is -2.14. The highest BCUT2D eigenvalue weighted by Crippen LogP contribution is 2.19. The van der Waals surface area contributed by atoms with Gasteiger partial charge in [-0.3, -0.25) is 19.2 Å². The van der Waals surface area contributed by atoms with Crippen molar-refractivity contribution < 1.29 is 28.7 Å². The van der Waals surface area contributed by atoms with Crippen molar-refractivity contribution in [1.82, 2.24) is 5.32 Å². The van der Waals surface area contributed by atoms with Crippen LogP contribution in [0.25, 0.3) is 0 Å². The first-order valence-electron chi connectivity index (χ1n) is 12.3. The zero-order valence-electron chi connectivity index (χ0n) is 21.5. The van der Waals surface area contributed by atoms with Gasteiger partial charge >= 0.3 is 5.97 Å². The van der Waals surface area contributed by atoms with Crippen LogP contribution in [0.5, 0.6) is 5.75 Å². The van der Waals surface area contributed by atoms with Gasteiger partial charge in [-0.2, -0.15) is 0 Å². The highest BCUT2D eigenvalue weighted by Gasteiger charge is 2.19. The Balaban J connectivity index is 1.71. The maximum Gasteiger partial charge on any atom is 0.307 e. The summed E-state index contributed by atoms with van der Waals surface area (Å²) in [6, 6.07) is 12.5. The number of hydrogen-bond acceptors (Lipinski definition) is 6. The third-order valence-corrected chi connectivity index (χ3v) is 5.60. The van der Waals surface area contributed by atoms with Crippen molar-refractivity contribution in [2.45, 2.75) is 65.9 Å². The van der Waals surface area contributed by atoms with Crippen molar-refractivity contribution in [1.29, 1.82) is 0 Å². The van der Waals surface area contributed by atoms with Crippen LogP contribution in [0.4, 0.5) is 5.69 Å². The molecule has 2 aromatic rings. The van der Waals surface area contributed by atoms with Gasteiger partial charge in [-0.15, -0.1) is 0 Å². The van der Waals surface area contributed by atoms with Crippen LogP contribution in [-0.2, 0) is 19.1 Å². The fourth-order valence-corrected chi connectivity index (χ4v) is 3.46. The molecule has 2 aromatic carbocycles. The monoisotopic (exact) mass is 496 g/mol. The summed E-state index contributed by atoms with van der Waals surface area (Å²) in [6.07, 6.45) is 1.92. The molecule has 194 valence electrons. The van der Waals surface area contributed by atoms with E-state index in [2.05, 4.69) is 17.6 Å². The van der Waals surface area contributed by atoms with E-state index in [9.17, 15) is 19.2 Å². The average Bonchev–Trinajstić information content (AvgIpc) is 2.86. The van der Waals surface area contributed by atoms with E-state index in [0.29, 0.717) is 23.6 Å². The number of benzene rings is 2. The number of carbonyl (C=O) groups excluding carboxylic acids is 4. The van der Waals surface area contributed by atoms with E-state index >= 15 is 0 Å². The molecule has 8 heteroatoms. The number of hydrogen-bond donors (Lipinski definition) is 2. The normalized spacial score (nSPS) is 11.3. The second kappa shape index (κ2) is 14.7. The van der Waals surface area contributed by atoms with E-state index in [0.717, 1.165) is 30.4 Å². The lowest BCUT2D eigenvalue weighted by atomic mass is 10.1. The van der Waals surface area contributed by atoms with Gasteiger partial charge in [-0.1, -0.05) is 38.0 Å². The number of para-hydroxylation sites is 1. The number of aryl methyl sites for hydroxylation is 2. The molecule has 0 radical (unpaired) electrons. The molecule has 1 unspecified atom stereocenters. The Morgan fingerprint density at radius 2 is 1.58 bits per heavy atom. The van der Waals surface area contributed by atoms with Crippen molar-refractivity contribution in [2.75, 3.05) is 18.5 Å². The minimum atomic E-state index is -1.09. The summed E-state index contributed by atoms with van der Waals surface area (Å²) >= 11 is 0. The van der Waals surface area contributed by atoms with Crippen LogP contribution in [0.2, 0.25) is 0 Å². The van der Waals surface area contributed by atoms with E-state index < -0.39 is 18.0 Å². The number of carbonyl (C=O) groups is 4. The first kappa shape index (κ1) is 28.6. The Kier molecular flexibility index (Phi) is 11.6. The quantitative estimate of drug-likeness (QED) is 0.226. The molecule has 0 aromatic heterocycles. The molecule has 0 aliphatic carbocycles. The Labute approximate surface area is 212 Å². The van der Waals surface area contributed by atoms with Crippen molar-refractivity contribution in [3.63, 3.8) is 0 Å². The number of Topliss-reactive ketones (excluding diaryl/α,β-unsaturated/α-hetero) is 1. The zero-order chi connectivity index (χ0) is 26.5. The predicted molar refractivity (Wildman–Crippen MR) is 138 cm³/mol. The second-order valence-electron chi connectivity index (χ2n) is 8.67. The number of ketones is 1. The molecule has 0 spiro atoms. The minimum Gasteiger partial charge on any atom is -0.494 e. The predicted octanol–water partition coefficient (Wildman–Crippen LogP) is 4.52. The van der Waals surface area contributed by atoms with Gasteiger partial charge in [-0.05, 0) is 62.6 Å². The van der Waals surface area contributed by atoms with Gasteiger partial charge in [0, 0.05) is 17.7 Å². The van der Waals surface area contributed by atoms with Gasteiger partial charge in [0.25, 0.3) is 5.91 Å². The Morgan fingerprint density at radius 3 is 2.22 bits per heavy atom. The summed E-state index contributed by atoms with van der Waals surface area (Å²) < 4.78 is 10.7. The summed E-state index contributed by atoms with van der Waals surface area (Å²) in [5, 5.41) is 5.23. The molecule has 8 nitrogen and oxygen atoms in total. The Morgan fingerprint density at radius 1 is 0.917 bits per heavy atom. The van der Waals surface area contributed by atoms with Gasteiger partial charge in [0.05, 0.1) is 19.6 Å². The molecule has 0 bridgehead atoms. The van der Waals surface area contributed by atoms with Gasteiger partial charge in [0.2, 0.25) is 5.91 Å². The molecule has 36 heavy (non-hydrogen) atoms. The third kappa shape index (κ3) is 9.52. The first-order chi connectivity index (χ1) is 17.2. The van der Waals surface area contributed by atoms with E-state index in [4.69, 9.17) is 9.47 Å². The number of rotatable bonds is 14. The number of unbranched alkanes of at least 4 members (excludes halogenated alkanes) is 2. The number of nitrogens with one attached hydrogen (secondary N) is 2. The number of ether oxygens (including phenoxy) is 2. The largest absolute Gasteiger partial charge is 0.494 e. The third-order valence-electron chi connectivity index (χ3n) is 5.60. The van der Waals surface area contributed by atoms with Crippen LogP contribution < -0.4 is 15.4 Å². The number of anilines is 1. The van der Waals surface area contributed by atoms with Crippen molar-refractivity contribution in [2.24, 2.45) is 0 Å². The molecular weight excluding hydrogens is 460 g/mol. The van der Waals surface area contributed by atoms with Crippen LogP contribution in [0.15, 0.2) is 42.5 Å². The summed E-state index contributed by atoms with van der Waals surface area (Å²) in [4.78, 5) is 48.9. The van der Waals surface area contributed by atoms with E-state index in [1.54, 1.807) is 24.3 Å². The lowest BCUT2D eigenvalue weighted by Crippen LogP contribution is -2.40. The summed E-state index contributed by atoms with van der Waals surface area (Å²) in [6.45, 7) is 7.68. The number of amides is 2. The molecule has 2 N–H and O–H groups in total. The molecule has 0 saturated carbocycles. The zero-order valence-corrected chi connectivity index (χ0v) is 21.5. The molecule has 2 rings (SSSR count). The fraction of sp³-hybridized carbons (Fsp3) is 0.429. The van der Waals surface area contributed by atoms with Gasteiger partial charge in [0.1, 0.15) is 5.75 Å². The van der Waals surface area contributed by atoms with Crippen molar-refractivity contribution >= 4 is 29.3 Å². The highest BCUT2D eigenvalue weighted by atomic mass is 16.5. The smallest absolute Gasteiger partial charge is 0.307 e. The summed E-state index contributed by atoms with van der Waals surface area (Å²) in [7, 11) is 0. The van der Waals surface area contributed by atoms with Crippen LogP contribution >= 0.6 is 0 Å². The first-order valence-corrected chi connectivity index (χ1v) is 12.3. The van der Waals surface area contributed by atoms with E-state index in [1.165, 1.54) is 6.92 Å². The topological polar surface area (TPSA) is 111 Å². The van der Waals surface area contributed by atoms with Crippen LogP contribution in [0, 0.1) is 13.8 Å². The maximum absolute atomic E-state index is 12.4. The maximum atomic E-state index is 12.4. The van der Waals surface area contributed by atoms with E-state index in [-0.39, 0.29) is 31.1 Å². The fourth-order valence-electron chi connectivity index (χ4n) is 3.46. The molecule has 0 heterocycles. The van der Waals surface area contributed by atoms with Crippen molar-refractivity contribution in [3.8, 4) is 5.75 Å². The lowest BCUT2D eigenvalue weighted by molar-refractivity contribution is -0.154. The standard InChI is InChI=1S/C28H36N2O6/c1-5-6-7-17-35-23-13-11-22(12-14-23)24(31)15-16-26(33)36-21(4)28(34)29-18-25(32)30-27-19(2)9-8-10-20(27)3/h8-14,21H,5-7,15-18H2,1-4H3,(H,29,34)(H,30,32). The average molecular weight is 497 g/mol. The van der Waals surface area contributed by atoms with Gasteiger partial charge in [0.15, 0.2) is 11.9 Å². The molecule has 1 atom stereocenters. The summed E-state index contributed by atoms with van der Waals surface area (Å²) in [5.74, 6) is -1.15. The molecular formula is C28H36N2O6. The SMILES string of the molecule is CCCCCOc1ccc(C(=O)CCC(=O)OC(C)C(=O)NCC(=O)Nc2c(C)cccc2C)cc1. The summed E-state index contributed by atoms with van der Waals surface area (Å²) in [5.41, 5.74) is 3.01. The molecule has 0 aliphatic heterocycles. The minimum absolute atomic E-state index is 0.0396. The van der Waals surface area contributed by atoms with Gasteiger partial charge < -0.3 is 20.1 Å². The number of esters is 1.